The van der Waals surface area contributed by atoms with Gasteiger partial charge >= 0.3 is 0 Å². The first-order valence-electron chi connectivity index (χ1n) is 7.01. The van der Waals surface area contributed by atoms with Crippen LogP contribution in [0.25, 0.3) is 0 Å². The highest BCUT2D eigenvalue weighted by atomic mass is 15.3. The molecule has 1 atom stereocenters. The van der Waals surface area contributed by atoms with Crippen molar-refractivity contribution in [1.29, 1.82) is 0 Å². The molecule has 0 fully saturated rings. The number of aliphatic imine (C=N–C) groups is 1. The van der Waals surface area contributed by atoms with Gasteiger partial charge in [-0.05, 0) is 18.9 Å². The van der Waals surface area contributed by atoms with E-state index in [1.807, 2.05) is 6.21 Å². The van der Waals surface area contributed by atoms with Gasteiger partial charge in [0, 0.05) is 25.8 Å². The summed E-state index contributed by atoms with van der Waals surface area (Å²) in [4.78, 5) is 6.74. The maximum atomic E-state index is 5.57. The molecule has 2 N–H and O–H groups in total. The second-order valence-electron chi connectivity index (χ2n) is 4.66. The second-order valence-corrected chi connectivity index (χ2v) is 4.66. The fourth-order valence-electron chi connectivity index (χ4n) is 2.11. The van der Waals surface area contributed by atoms with Gasteiger partial charge in [-0.3, -0.25) is 9.89 Å². The van der Waals surface area contributed by atoms with Crippen LogP contribution in [-0.2, 0) is 0 Å². The molecule has 0 spiro atoms. The molecule has 0 radical (unpaired) electrons. The lowest BCUT2D eigenvalue weighted by molar-refractivity contribution is 0.297. The summed E-state index contributed by atoms with van der Waals surface area (Å²) in [7, 11) is 0. The molecule has 1 aliphatic heterocycles. The van der Waals surface area contributed by atoms with E-state index in [0.717, 1.165) is 13.1 Å². The maximum Gasteiger partial charge on any atom is 0.121 e. The van der Waals surface area contributed by atoms with Gasteiger partial charge in [0.25, 0.3) is 0 Å². The lowest BCUT2D eigenvalue weighted by Crippen LogP contribution is -2.33. The summed E-state index contributed by atoms with van der Waals surface area (Å²) in [5.41, 5.74) is 5.57. The molecule has 0 saturated heterocycles. The van der Waals surface area contributed by atoms with Crippen molar-refractivity contribution in [1.82, 2.24) is 4.90 Å². The molecule has 17 heavy (non-hydrogen) atoms. The number of rotatable bonds is 9. The van der Waals surface area contributed by atoms with Gasteiger partial charge in [0.05, 0.1) is 0 Å². The summed E-state index contributed by atoms with van der Waals surface area (Å²) in [6.07, 6.45) is 14.7. The van der Waals surface area contributed by atoms with E-state index in [4.69, 9.17) is 5.73 Å². The average Bonchev–Trinajstić information content (AvgIpc) is 2.76. The van der Waals surface area contributed by atoms with Gasteiger partial charge < -0.3 is 5.73 Å². The first kappa shape index (κ1) is 14.4. The smallest absolute Gasteiger partial charge is 0.121 e. The molecule has 1 rings (SSSR count). The van der Waals surface area contributed by atoms with Crippen LogP contribution in [0.1, 0.15) is 45.4 Å². The van der Waals surface area contributed by atoms with Crippen LogP contribution in [0.5, 0.6) is 0 Å². The number of hydrogen-bond acceptors (Lipinski definition) is 3. The second kappa shape index (κ2) is 9.37. The lowest BCUT2D eigenvalue weighted by Gasteiger charge is -2.18. The zero-order valence-corrected chi connectivity index (χ0v) is 11.1. The molecule has 0 amide bonds. The Morgan fingerprint density at radius 2 is 2.18 bits per heavy atom. The Labute approximate surface area is 106 Å². The standard InChI is InChI=1S/C14H27N3/c1-2-3-4-5-6-7-8-9-14-16-11-13-17(14)12-10-15/h8-9,11,14H,2-7,10,12-13,15H2,1H3/b9-8+. The minimum absolute atomic E-state index is 0.245. The van der Waals surface area contributed by atoms with Crippen molar-refractivity contribution >= 4 is 6.21 Å². The monoisotopic (exact) mass is 237 g/mol. The van der Waals surface area contributed by atoms with Crippen LogP contribution in [0.4, 0.5) is 0 Å². The highest BCUT2D eigenvalue weighted by Crippen LogP contribution is 2.10. The summed E-state index contributed by atoms with van der Waals surface area (Å²) in [6.45, 7) is 4.85. The third-order valence-corrected chi connectivity index (χ3v) is 3.15. The van der Waals surface area contributed by atoms with Crippen LogP contribution in [0, 0.1) is 0 Å². The SMILES string of the molecule is CCCCCCC/C=C/C1N=CCN1CCN. The normalized spacial score (nSPS) is 20.7. The van der Waals surface area contributed by atoms with Crippen LogP contribution in [0.15, 0.2) is 17.1 Å². The summed E-state index contributed by atoms with van der Waals surface area (Å²) in [5.74, 6) is 0. The number of nitrogens with zero attached hydrogens (tertiary/aromatic N) is 2. The Morgan fingerprint density at radius 1 is 1.35 bits per heavy atom. The third-order valence-electron chi connectivity index (χ3n) is 3.15. The zero-order chi connectivity index (χ0) is 12.3. The van der Waals surface area contributed by atoms with Gasteiger partial charge in [0.2, 0.25) is 0 Å². The summed E-state index contributed by atoms with van der Waals surface area (Å²) < 4.78 is 0. The minimum Gasteiger partial charge on any atom is -0.329 e. The molecule has 0 bridgehead atoms. The van der Waals surface area contributed by atoms with Crippen LogP contribution < -0.4 is 5.73 Å². The fraction of sp³-hybridized carbons (Fsp3) is 0.786. The van der Waals surface area contributed by atoms with Crippen LogP contribution >= 0.6 is 0 Å². The summed E-state index contributed by atoms with van der Waals surface area (Å²) in [5, 5.41) is 0. The van der Waals surface area contributed by atoms with Crippen LogP contribution in [-0.4, -0.2) is 36.9 Å². The van der Waals surface area contributed by atoms with Crippen molar-refractivity contribution in [2.45, 2.75) is 51.6 Å². The van der Waals surface area contributed by atoms with Gasteiger partial charge in [-0.25, -0.2) is 0 Å². The Hall–Kier alpha value is -0.670. The first-order chi connectivity index (χ1) is 8.38. The minimum atomic E-state index is 0.245. The van der Waals surface area contributed by atoms with Gasteiger partial charge in [0.15, 0.2) is 0 Å². The average molecular weight is 237 g/mol. The molecular formula is C14H27N3. The van der Waals surface area contributed by atoms with Crippen molar-refractivity contribution in [2.75, 3.05) is 19.6 Å². The number of allylic oxidation sites excluding steroid dienone is 1. The predicted octanol–water partition coefficient (Wildman–Crippen LogP) is 2.57. The van der Waals surface area contributed by atoms with E-state index in [1.165, 1.54) is 38.5 Å². The lowest BCUT2D eigenvalue weighted by atomic mass is 10.1. The molecule has 0 aromatic heterocycles. The molecule has 1 heterocycles. The fourth-order valence-corrected chi connectivity index (χ4v) is 2.11. The van der Waals surface area contributed by atoms with Crippen molar-refractivity contribution < 1.29 is 0 Å². The van der Waals surface area contributed by atoms with Crippen LogP contribution in [0.3, 0.4) is 0 Å². The molecule has 0 aromatic carbocycles. The van der Waals surface area contributed by atoms with E-state index in [0.29, 0.717) is 6.54 Å². The van der Waals surface area contributed by atoms with Gasteiger partial charge in [-0.2, -0.15) is 0 Å². The number of nitrogens with two attached hydrogens (primary N) is 1. The largest absolute Gasteiger partial charge is 0.329 e. The molecular weight excluding hydrogens is 210 g/mol. The maximum absolute atomic E-state index is 5.57. The van der Waals surface area contributed by atoms with Crippen molar-refractivity contribution in [3.8, 4) is 0 Å². The van der Waals surface area contributed by atoms with Gasteiger partial charge in [-0.15, -0.1) is 0 Å². The van der Waals surface area contributed by atoms with E-state index in [9.17, 15) is 0 Å². The van der Waals surface area contributed by atoms with E-state index in [2.05, 4.69) is 29.0 Å². The van der Waals surface area contributed by atoms with E-state index >= 15 is 0 Å². The van der Waals surface area contributed by atoms with Crippen molar-refractivity contribution in [3.63, 3.8) is 0 Å². The molecule has 3 nitrogen and oxygen atoms in total. The summed E-state index contributed by atoms with van der Waals surface area (Å²) in [6, 6.07) is 0. The first-order valence-corrected chi connectivity index (χ1v) is 7.01. The van der Waals surface area contributed by atoms with Crippen molar-refractivity contribution in [2.24, 2.45) is 10.7 Å². The third kappa shape index (κ3) is 5.99. The van der Waals surface area contributed by atoms with Crippen LogP contribution in [0.2, 0.25) is 0 Å². The highest BCUT2D eigenvalue weighted by molar-refractivity contribution is 5.62. The molecule has 0 aromatic rings. The topological polar surface area (TPSA) is 41.6 Å². The predicted molar refractivity (Wildman–Crippen MR) is 75.4 cm³/mol. The molecule has 98 valence electrons. The zero-order valence-electron chi connectivity index (χ0n) is 11.1. The Bertz CT molecular complexity index is 236. The quantitative estimate of drug-likeness (QED) is 0.494. The Morgan fingerprint density at radius 3 is 2.94 bits per heavy atom. The molecule has 0 aliphatic carbocycles. The molecule has 3 heteroatoms. The Kier molecular flexibility index (Phi) is 7.93. The number of unbranched alkanes of at least 4 members (excludes halogenated alkanes) is 5. The van der Waals surface area contributed by atoms with Gasteiger partial charge in [0.1, 0.15) is 6.17 Å². The number of hydrogen-bond donors (Lipinski definition) is 1. The molecule has 0 saturated carbocycles. The van der Waals surface area contributed by atoms with E-state index in [1.54, 1.807) is 0 Å². The van der Waals surface area contributed by atoms with E-state index in [-0.39, 0.29) is 6.17 Å². The van der Waals surface area contributed by atoms with E-state index < -0.39 is 0 Å². The highest BCUT2D eigenvalue weighted by Gasteiger charge is 2.16. The van der Waals surface area contributed by atoms with Crippen molar-refractivity contribution in [3.05, 3.63) is 12.2 Å². The Balaban J connectivity index is 2.08. The molecule has 1 aliphatic rings. The van der Waals surface area contributed by atoms with Gasteiger partial charge in [-0.1, -0.05) is 38.7 Å². The summed E-state index contributed by atoms with van der Waals surface area (Å²) >= 11 is 0. The molecule has 1 unspecified atom stereocenters.